The molecule has 174 valence electrons. The fraction of sp³-hybridized carbons (Fsp3) is 0.304. The number of benzene rings is 2. The van der Waals surface area contributed by atoms with Gasteiger partial charge in [-0.15, -0.1) is 0 Å². The first-order valence-electron chi connectivity index (χ1n) is 10.7. The molecule has 2 N–H and O–H groups in total. The molecule has 1 fully saturated rings. The molecule has 0 aliphatic carbocycles. The van der Waals surface area contributed by atoms with Crippen LogP contribution in [-0.2, 0) is 14.8 Å². The number of anilines is 1. The zero-order valence-corrected chi connectivity index (χ0v) is 19.1. The fourth-order valence-corrected chi connectivity index (χ4v) is 4.92. The second-order valence-corrected chi connectivity index (χ2v) is 9.56. The van der Waals surface area contributed by atoms with Gasteiger partial charge >= 0.3 is 0 Å². The summed E-state index contributed by atoms with van der Waals surface area (Å²) in [6, 6.07) is 15.2. The molecule has 1 aliphatic rings. The Labute approximate surface area is 192 Å². The number of fused-ring (bicyclic) bond motifs is 1. The van der Waals surface area contributed by atoms with E-state index in [0.29, 0.717) is 37.1 Å². The van der Waals surface area contributed by atoms with E-state index < -0.39 is 10.0 Å². The number of aromatic nitrogens is 1. The molecule has 2 heterocycles. The molecule has 2 aromatic carbocycles. The number of H-pyrrole nitrogens is 1. The first-order chi connectivity index (χ1) is 15.9. The number of piperazine rings is 1. The van der Waals surface area contributed by atoms with Crippen LogP contribution in [-0.4, -0.2) is 64.0 Å². The molecule has 0 unspecified atom stereocenters. The number of carbonyl (C=O) groups excluding carboxylic acids is 1. The molecule has 0 saturated carbocycles. The van der Waals surface area contributed by atoms with Gasteiger partial charge in [-0.05, 0) is 41.8 Å². The quantitative estimate of drug-likeness (QED) is 0.542. The molecule has 0 spiro atoms. The number of aromatic amines is 1. The van der Waals surface area contributed by atoms with Crippen LogP contribution < -0.4 is 19.9 Å². The molecule has 33 heavy (non-hydrogen) atoms. The van der Waals surface area contributed by atoms with Crippen LogP contribution in [0.3, 0.4) is 0 Å². The number of nitrogens with one attached hydrogen (secondary N) is 2. The van der Waals surface area contributed by atoms with Crippen molar-refractivity contribution in [2.45, 2.75) is 11.3 Å². The van der Waals surface area contributed by atoms with Crippen LogP contribution in [0.5, 0.6) is 5.75 Å². The van der Waals surface area contributed by atoms with Gasteiger partial charge in [0, 0.05) is 62.5 Å². The van der Waals surface area contributed by atoms with Crippen LogP contribution >= 0.6 is 0 Å². The lowest BCUT2D eigenvalue weighted by Gasteiger charge is -2.36. The average Bonchev–Trinajstić information content (AvgIpc) is 2.83. The lowest BCUT2D eigenvalue weighted by Crippen LogP contribution is -2.49. The van der Waals surface area contributed by atoms with Crippen molar-refractivity contribution in [1.29, 1.82) is 0 Å². The van der Waals surface area contributed by atoms with E-state index in [1.807, 2.05) is 24.3 Å². The van der Waals surface area contributed by atoms with Crippen LogP contribution in [0, 0.1) is 0 Å². The van der Waals surface area contributed by atoms with Gasteiger partial charge in [0.15, 0.2) is 0 Å². The van der Waals surface area contributed by atoms with Crippen LogP contribution in [0.15, 0.2) is 64.3 Å². The number of sulfonamides is 1. The van der Waals surface area contributed by atoms with E-state index in [9.17, 15) is 18.0 Å². The number of methoxy groups -OCH3 is 1. The van der Waals surface area contributed by atoms with E-state index in [1.54, 1.807) is 24.1 Å². The van der Waals surface area contributed by atoms with Gasteiger partial charge in [0.1, 0.15) is 5.75 Å². The monoisotopic (exact) mass is 470 g/mol. The van der Waals surface area contributed by atoms with Crippen LogP contribution in [0.4, 0.5) is 5.69 Å². The highest BCUT2D eigenvalue weighted by molar-refractivity contribution is 7.89. The third-order valence-corrected chi connectivity index (χ3v) is 7.15. The smallest absolute Gasteiger partial charge is 0.248 e. The average molecular weight is 471 g/mol. The van der Waals surface area contributed by atoms with E-state index in [-0.39, 0.29) is 29.3 Å². The Morgan fingerprint density at radius 1 is 1.06 bits per heavy atom. The van der Waals surface area contributed by atoms with Gasteiger partial charge in [-0.25, -0.2) is 13.1 Å². The topological polar surface area (TPSA) is 112 Å². The summed E-state index contributed by atoms with van der Waals surface area (Å²) >= 11 is 0. The molecule has 1 amide bonds. The van der Waals surface area contributed by atoms with E-state index in [2.05, 4.69) is 14.6 Å². The minimum atomic E-state index is -3.77. The molecule has 3 aromatic rings. The number of ether oxygens (including phenoxy) is 1. The van der Waals surface area contributed by atoms with Gasteiger partial charge in [-0.2, -0.15) is 0 Å². The number of pyridine rings is 1. The number of hydrogen-bond acceptors (Lipinski definition) is 6. The summed E-state index contributed by atoms with van der Waals surface area (Å²) in [5.41, 5.74) is 1.36. The number of rotatable bonds is 7. The molecule has 1 saturated heterocycles. The van der Waals surface area contributed by atoms with Crippen molar-refractivity contribution in [3.63, 3.8) is 0 Å². The van der Waals surface area contributed by atoms with E-state index >= 15 is 0 Å². The predicted octanol–water partition coefficient (Wildman–Crippen LogP) is 1.55. The van der Waals surface area contributed by atoms with Crippen molar-refractivity contribution in [2.24, 2.45) is 0 Å². The summed E-state index contributed by atoms with van der Waals surface area (Å²) in [7, 11) is -2.14. The Morgan fingerprint density at radius 2 is 1.85 bits per heavy atom. The molecule has 4 rings (SSSR count). The zero-order valence-electron chi connectivity index (χ0n) is 18.3. The van der Waals surface area contributed by atoms with Crippen molar-refractivity contribution < 1.29 is 17.9 Å². The van der Waals surface area contributed by atoms with Crippen LogP contribution in [0.25, 0.3) is 10.9 Å². The number of hydrogen-bond donors (Lipinski definition) is 2. The molecule has 1 aromatic heterocycles. The second-order valence-electron chi connectivity index (χ2n) is 7.79. The summed E-state index contributed by atoms with van der Waals surface area (Å²) in [6.07, 6.45) is 0.0826. The molecule has 10 heteroatoms. The lowest BCUT2D eigenvalue weighted by molar-refractivity contribution is -0.131. The third kappa shape index (κ3) is 5.35. The van der Waals surface area contributed by atoms with Gasteiger partial charge in [0.25, 0.3) is 0 Å². The Kier molecular flexibility index (Phi) is 6.66. The lowest BCUT2D eigenvalue weighted by atomic mass is 10.2. The maximum Gasteiger partial charge on any atom is 0.248 e. The van der Waals surface area contributed by atoms with Crippen LogP contribution in [0.2, 0.25) is 0 Å². The Bertz CT molecular complexity index is 1310. The normalized spacial score (nSPS) is 14.5. The van der Waals surface area contributed by atoms with Crippen molar-refractivity contribution in [1.82, 2.24) is 14.6 Å². The number of nitrogens with zero attached hydrogens (tertiary/aromatic N) is 2. The van der Waals surface area contributed by atoms with Crippen molar-refractivity contribution in [3.8, 4) is 5.75 Å². The fourth-order valence-electron chi connectivity index (χ4n) is 3.85. The van der Waals surface area contributed by atoms with E-state index in [0.717, 1.165) is 11.4 Å². The van der Waals surface area contributed by atoms with Gasteiger partial charge < -0.3 is 19.5 Å². The molecular formula is C23H26N4O5S. The van der Waals surface area contributed by atoms with Crippen molar-refractivity contribution in [3.05, 3.63) is 65.0 Å². The van der Waals surface area contributed by atoms with Gasteiger partial charge in [-0.1, -0.05) is 6.07 Å². The Morgan fingerprint density at radius 3 is 2.61 bits per heavy atom. The Balaban J connectivity index is 1.29. The van der Waals surface area contributed by atoms with Crippen molar-refractivity contribution in [2.75, 3.05) is 44.7 Å². The molecule has 1 aliphatic heterocycles. The summed E-state index contributed by atoms with van der Waals surface area (Å²) in [5, 5.41) is 0.613. The van der Waals surface area contributed by atoms with Gasteiger partial charge in [0.2, 0.25) is 21.5 Å². The summed E-state index contributed by atoms with van der Waals surface area (Å²) in [4.78, 5) is 30.7. The highest BCUT2D eigenvalue weighted by Gasteiger charge is 2.22. The zero-order chi connectivity index (χ0) is 23.4. The largest absolute Gasteiger partial charge is 0.497 e. The second kappa shape index (κ2) is 9.63. The minimum Gasteiger partial charge on any atom is -0.497 e. The number of amides is 1. The summed E-state index contributed by atoms with van der Waals surface area (Å²) in [6.45, 7) is 2.56. The first kappa shape index (κ1) is 22.8. The van der Waals surface area contributed by atoms with Gasteiger partial charge in [-0.3, -0.25) is 9.59 Å². The SMILES string of the molecule is COc1cccc(N2CCN(C(=O)CCNS(=O)(=O)c3ccc4[nH]c(=O)ccc4c3)CC2)c1. The molecule has 9 nitrogen and oxygen atoms in total. The predicted molar refractivity (Wildman–Crippen MR) is 126 cm³/mol. The third-order valence-electron chi connectivity index (χ3n) is 5.69. The minimum absolute atomic E-state index is 0.0148. The maximum absolute atomic E-state index is 12.6. The standard InChI is InChI=1S/C23H26N4O5S/c1-32-19-4-2-3-18(16-19)26-11-13-27(14-12-26)23(29)9-10-24-33(30,31)20-6-7-21-17(15-20)5-8-22(28)25-21/h2-8,15-16,24H,9-14H2,1H3,(H,25,28). The summed E-state index contributed by atoms with van der Waals surface area (Å²) < 4.78 is 33.0. The summed E-state index contributed by atoms with van der Waals surface area (Å²) in [5.74, 6) is 0.706. The van der Waals surface area contributed by atoms with E-state index in [4.69, 9.17) is 4.74 Å². The highest BCUT2D eigenvalue weighted by atomic mass is 32.2. The maximum atomic E-state index is 12.6. The first-order valence-corrected chi connectivity index (χ1v) is 12.1. The molecule has 0 bridgehead atoms. The molecule has 0 atom stereocenters. The van der Waals surface area contributed by atoms with Crippen LogP contribution in [0.1, 0.15) is 6.42 Å². The van der Waals surface area contributed by atoms with Gasteiger partial charge in [0.05, 0.1) is 12.0 Å². The Hall–Kier alpha value is -3.37. The molecular weight excluding hydrogens is 444 g/mol. The van der Waals surface area contributed by atoms with Crippen molar-refractivity contribution >= 4 is 32.5 Å². The molecule has 0 radical (unpaired) electrons. The van der Waals surface area contributed by atoms with E-state index in [1.165, 1.54) is 18.2 Å². The number of carbonyl (C=O) groups is 1. The highest BCUT2D eigenvalue weighted by Crippen LogP contribution is 2.22.